The number of rotatable bonds is 3. The molecule has 0 spiro atoms. The Morgan fingerprint density at radius 2 is 1.19 bits per heavy atom. The van der Waals surface area contributed by atoms with Crippen LogP contribution in [0.15, 0.2) is 0 Å². The lowest BCUT2D eigenvalue weighted by molar-refractivity contribution is 0.204. The third-order valence-electron chi connectivity index (χ3n) is 1.38. The smallest absolute Gasteiger partial charge is 0.317 e. The van der Waals surface area contributed by atoms with Gasteiger partial charge in [0.2, 0.25) is 0 Å². The van der Waals surface area contributed by atoms with E-state index in [0.29, 0.717) is 6.54 Å². The summed E-state index contributed by atoms with van der Waals surface area (Å²) in [5, 5.41) is 2.73. The van der Waals surface area contributed by atoms with E-state index in [1.54, 1.807) is 4.90 Å². The molecule has 0 rings (SSSR count). The van der Waals surface area contributed by atoms with Gasteiger partial charge in [0.25, 0.3) is 0 Å². The normalized spacial score (nSPS) is 7.94. The zero-order chi connectivity index (χ0) is 13.4. The minimum atomic E-state index is 0.0347. The monoisotopic (exact) mass is 232 g/mol. The summed E-state index contributed by atoms with van der Waals surface area (Å²) in [6, 6.07) is 0.0347. The van der Waals surface area contributed by atoms with Crippen molar-refractivity contribution in [2.45, 2.75) is 61.3 Å². The van der Waals surface area contributed by atoms with Gasteiger partial charge in [0.05, 0.1) is 0 Å². The van der Waals surface area contributed by atoms with Crippen LogP contribution in [0.4, 0.5) is 4.79 Å². The van der Waals surface area contributed by atoms with Crippen molar-refractivity contribution in [3.63, 3.8) is 0 Å². The fraction of sp³-hybridized carbons (Fsp3) is 0.923. The molecule has 0 aliphatic heterocycles. The standard InChI is InChI=1S/C7H16N2O.2C3H8/c1-4-8-7(10)9(5-2)6-3;2*1-3-2/h4-6H2,1-3H3,(H,8,10);2*3H2,1-2H3. The minimum absolute atomic E-state index is 0.0347. The first-order chi connectivity index (χ1) is 7.59. The van der Waals surface area contributed by atoms with Crippen LogP contribution < -0.4 is 5.32 Å². The molecule has 0 fully saturated rings. The number of nitrogens with one attached hydrogen (secondary N) is 1. The van der Waals surface area contributed by atoms with E-state index in [1.165, 1.54) is 12.8 Å². The Labute approximate surface area is 103 Å². The highest BCUT2D eigenvalue weighted by atomic mass is 16.2. The Balaban J connectivity index is -0.000000235. The van der Waals surface area contributed by atoms with Crippen molar-refractivity contribution < 1.29 is 4.79 Å². The molecule has 100 valence electrons. The average Bonchev–Trinajstić information content (AvgIpc) is 2.22. The molecule has 0 aliphatic carbocycles. The molecule has 0 aliphatic rings. The van der Waals surface area contributed by atoms with Crippen LogP contribution in [0.1, 0.15) is 61.3 Å². The maximum absolute atomic E-state index is 11.0. The van der Waals surface area contributed by atoms with Crippen LogP contribution in [-0.4, -0.2) is 30.6 Å². The molecule has 0 saturated carbocycles. The number of carbonyl (C=O) groups is 1. The van der Waals surface area contributed by atoms with Crippen LogP contribution in [0.2, 0.25) is 0 Å². The molecule has 0 radical (unpaired) electrons. The molecule has 16 heavy (non-hydrogen) atoms. The van der Waals surface area contributed by atoms with Gasteiger partial charge in [-0.05, 0) is 20.8 Å². The molecule has 2 amide bonds. The summed E-state index contributed by atoms with van der Waals surface area (Å²) < 4.78 is 0. The van der Waals surface area contributed by atoms with E-state index in [2.05, 4.69) is 33.0 Å². The second-order valence-electron chi connectivity index (χ2n) is 3.42. The quantitative estimate of drug-likeness (QED) is 0.786. The fourth-order valence-corrected chi connectivity index (χ4v) is 0.774. The maximum atomic E-state index is 11.0. The first-order valence-corrected chi connectivity index (χ1v) is 6.61. The highest BCUT2D eigenvalue weighted by Crippen LogP contribution is 1.86. The predicted molar refractivity (Wildman–Crippen MR) is 73.9 cm³/mol. The Morgan fingerprint density at radius 3 is 1.38 bits per heavy atom. The zero-order valence-corrected chi connectivity index (χ0v) is 12.4. The Morgan fingerprint density at radius 1 is 0.875 bits per heavy atom. The number of hydrogen-bond donors (Lipinski definition) is 1. The molecule has 0 saturated heterocycles. The first-order valence-electron chi connectivity index (χ1n) is 6.61. The minimum Gasteiger partial charge on any atom is -0.338 e. The van der Waals surface area contributed by atoms with Crippen LogP contribution in [0.5, 0.6) is 0 Å². The Hall–Kier alpha value is -0.730. The Kier molecular flexibility index (Phi) is 25.5. The van der Waals surface area contributed by atoms with Crippen LogP contribution in [-0.2, 0) is 0 Å². The van der Waals surface area contributed by atoms with Gasteiger partial charge in [-0.15, -0.1) is 0 Å². The third-order valence-corrected chi connectivity index (χ3v) is 1.38. The highest BCUT2D eigenvalue weighted by molar-refractivity contribution is 5.73. The van der Waals surface area contributed by atoms with E-state index in [4.69, 9.17) is 0 Å². The molecule has 1 N–H and O–H groups in total. The van der Waals surface area contributed by atoms with Crippen molar-refractivity contribution in [3.8, 4) is 0 Å². The van der Waals surface area contributed by atoms with Crippen molar-refractivity contribution in [2.75, 3.05) is 19.6 Å². The van der Waals surface area contributed by atoms with E-state index in [0.717, 1.165) is 13.1 Å². The van der Waals surface area contributed by atoms with E-state index in [-0.39, 0.29) is 6.03 Å². The summed E-state index contributed by atoms with van der Waals surface area (Å²) in [6.07, 6.45) is 2.50. The first kappa shape index (κ1) is 20.7. The van der Waals surface area contributed by atoms with Crippen LogP contribution in [0.25, 0.3) is 0 Å². The molecule has 3 heteroatoms. The molecule has 0 unspecified atom stereocenters. The van der Waals surface area contributed by atoms with Gasteiger partial charge in [-0.3, -0.25) is 0 Å². The molecular weight excluding hydrogens is 200 g/mol. The lowest BCUT2D eigenvalue weighted by Crippen LogP contribution is -2.39. The van der Waals surface area contributed by atoms with Crippen LogP contribution in [0, 0.1) is 0 Å². The summed E-state index contributed by atoms with van der Waals surface area (Å²) in [5.41, 5.74) is 0. The van der Waals surface area contributed by atoms with E-state index in [1.807, 2.05) is 20.8 Å². The maximum Gasteiger partial charge on any atom is 0.317 e. The summed E-state index contributed by atoms with van der Waals surface area (Å²) in [5.74, 6) is 0. The molecule has 0 aromatic heterocycles. The molecule has 0 heterocycles. The number of amides is 2. The molecule has 0 aromatic carbocycles. The zero-order valence-electron chi connectivity index (χ0n) is 12.4. The molecule has 0 bridgehead atoms. The number of nitrogens with zero attached hydrogens (tertiary/aromatic N) is 1. The molecular formula is C13H32N2O. The van der Waals surface area contributed by atoms with Crippen molar-refractivity contribution in [2.24, 2.45) is 0 Å². The second-order valence-corrected chi connectivity index (χ2v) is 3.42. The van der Waals surface area contributed by atoms with Gasteiger partial charge in [0.1, 0.15) is 0 Å². The molecule has 0 atom stereocenters. The third kappa shape index (κ3) is 18.9. The van der Waals surface area contributed by atoms with Crippen molar-refractivity contribution in [3.05, 3.63) is 0 Å². The summed E-state index contributed by atoms with van der Waals surface area (Å²) in [6.45, 7) is 16.6. The number of hydrogen-bond acceptors (Lipinski definition) is 1. The second kappa shape index (κ2) is 19.8. The van der Waals surface area contributed by atoms with Gasteiger partial charge < -0.3 is 10.2 Å². The van der Waals surface area contributed by atoms with E-state index >= 15 is 0 Å². The summed E-state index contributed by atoms with van der Waals surface area (Å²) >= 11 is 0. The van der Waals surface area contributed by atoms with Gasteiger partial charge >= 0.3 is 6.03 Å². The van der Waals surface area contributed by atoms with Crippen molar-refractivity contribution >= 4 is 6.03 Å². The van der Waals surface area contributed by atoms with E-state index in [9.17, 15) is 4.79 Å². The van der Waals surface area contributed by atoms with Crippen LogP contribution in [0.3, 0.4) is 0 Å². The lowest BCUT2D eigenvalue weighted by atomic mass is 10.5. The topological polar surface area (TPSA) is 32.3 Å². The van der Waals surface area contributed by atoms with Crippen molar-refractivity contribution in [1.82, 2.24) is 10.2 Å². The average molecular weight is 232 g/mol. The van der Waals surface area contributed by atoms with E-state index < -0.39 is 0 Å². The van der Waals surface area contributed by atoms with Gasteiger partial charge in [-0.1, -0.05) is 40.5 Å². The van der Waals surface area contributed by atoms with Gasteiger partial charge in [0.15, 0.2) is 0 Å². The van der Waals surface area contributed by atoms with Gasteiger partial charge in [-0.2, -0.15) is 0 Å². The number of carbonyl (C=O) groups excluding carboxylic acids is 1. The lowest BCUT2D eigenvalue weighted by Gasteiger charge is -2.18. The summed E-state index contributed by atoms with van der Waals surface area (Å²) in [7, 11) is 0. The van der Waals surface area contributed by atoms with Gasteiger partial charge in [-0.25, -0.2) is 4.79 Å². The predicted octanol–water partition coefficient (Wildman–Crippen LogP) is 3.89. The van der Waals surface area contributed by atoms with Crippen molar-refractivity contribution in [1.29, 1.82) is 0 Å². The molecule has 3 nitrogen and oxygen atoms in total. The summed E-state index contributed by atoms with van der Waals surface area (Å²) in [4.78, 5) is 12.8. The molecule has 0 aromatic rings. The largest absolute Gasteiger partial charge is 0.338 e. The fourth-order valence-electron chi connectivity index (χ4n) is 0.774. The van der Waals surface area contributed by atoms with Gasteiger partial charge in [0, 0.05) is 19.6 Å². The SMILES string of the molecule is CCC.CCC.CCNC(=O)N(CC)CC. The van der Waals surface area contributed by atoms with Crippen LogP contribution >= 0.6 is 0 Å². The highest BCUT2D eigenvalue weighted by Gasteiger charge is 2.05. The number of urea groups is 1. The Bertz CT molecular complexity index is 121.